The Bertz CT molecular complexity index is 2100. The van der Waals surface area contributed by atoms with Gasteiger partial charge in [0.2, 0.25) is 11.8 Å². The van der Waals surface area contributed by atoms with Crippen LogP contribution >= 0.6 is 0 Å². The molecule has 1 atom stereocenters. The minimum absolute atomic E-state index is 0.0907. The van der Waals surface area contributed by atoms with E-state index in [1.807, 2.05) is 37.5 Å². The van der Waals surface area contributed by atoms with Crippen LogP contribution in [0.25, 0.3) is 22.0 Å². The van der Waals surface area contributed by atoms with Gasteiger partial charge < -0.3 is 23.8 Å². The minimum Gasteiger partial charge on any atom is -0.496 e. The standard InChI is InChI=1S/C37H41N7O6/c1-40-18-27(33-26(35(40)47)16-38-41(33)2)22-14-30(49-3)28(31(15-22)50-4)19-42-11-9-37(10-12-42)20-43(21-37)24-5-6-25-23(13-24)17-44(36(25)48)29-7-8-32(45)39-34(29)46/h5-6,13-16,18,29H,7-12,17,19-21H2,1-4H3,(H,39,45,46). The number of hydrogen-bond acceptors (Lipinski definition) is 9. The van der Waals surface area contributed by atoms with Crippen molar-refractivity contribution in [1.29, 1.82) is 0 Å². The molecule has 13 heteroatoms. The summed E-state index contributed by atoms with van der Waals surface area (Å²) in [6.45, 7) is 4.93. The number of methoxy groups -OCH3 is 2. The van der Waals surface area contributed by atoms with Crippen molar-refractivity contribution in [2.75, 3.05) is 45.3 Å². The number of nitrogens with one attached hydrogen (secondary N) is 1. The largest absolute Gasteiger partial charge is 0.496 e. The number of likely N-dealkylation sites (tertiary alicyclic amines) is 1. The number of aryl methyl sites for hydroxylation is 2. The van der Waals surface area contributed by atoms with Crippen molar-refractivity contribution in [1.82, 2.24) is 29.5 Å². The second-order valence-electron chi connectivity index (χ2n) is 14.2. The quantitative estimate of drug-likeness (QED) is 0.293. The molecule has 1 unspecified atom stereocenters. The van der Waals surface area contributed by atoms with Gasteiger partial charge in [-0.25, -0.2) is 0 Å². The van der Waals surface area contributed by atoms with E-state index >= 15 is 0 Å². The maximum absolute atomic E-state index is 13.1. The van der Waals surface area contributed by atoms with Gasteiger partial charge >= 0.3 is 0 Å². The van der Waals surface area contributed by atoms with E-state index in [4.69, 9.17) is 9.47 Å². The Labute approximate surface area is 289 Å². The first-order chi connectivity index (χ1) is 24.1. The molecule has 0 aliphatic carbocycles. The molecule has 0 radical (unpaired) electrons. The summed E-state index contributed by atoms with van der Waals surface area (Å²) in [5.41, 5.74) is 6.36. The van der Waals surface area contributed by atoms with Crippen LogP contribution in [0.3, 0.4) is 0 Å². The zero-order valence-corrected chi connectivity index (χ0v) is 28.8. The molecule has 1 N–H and O–H groups in total. The van der Waals surface area contributed by atoms with Crippen LogP contribution in [0.15, 0.2) is 47.5 Å². The Kier molecular flexibility index (Phi) is 7.70. The average molecular weight is 680 g/mol. The van der Waals surface area contributed by atoms with Gasteiger partial charge in [0, 0.05) is 75.1 Å². The maximum Gasteiger partial charge on any atom is 0.261 e. The number of amides is 3. The monoisotopic (exact) mass is 679 g/mol. The lowest BCUT2D eigenvalue weighted by atomic mass is 9.71. The molecule has 4 aromatic rings. The van der Waals surface area contributed by atoms with Crippen molar-refractivity contribution in [2.45, 2.75) is 44.8 Å². The van der Waals surface area contributed by atoms with Crippen LogP contribution < -0.4 is 25.2 Å². The number of imide groups is 1. The number of carbonyl (C=O) groups is 3. The van der Waals surface area contributed by atoms with E-state index < -0.39 is 6.04 Å². The van der Waals surface area contributed by atoms with E-state index in [2.05, 4.69) is 26.3 Å². The first-order valence-corrected chi connectivity index (χ1v) is 17.1. The van der Waals surface area contributed by atoms with Gasteiger partial charge in [0.05, 0.1) is 36.9 Å². The molecule has 260 valence electrons. The Morgan fingerprint density at radius 3 is 2.36 bits per heavy atom. The highest BCUT2D eigenvalue weighted by atomic mass is 16.5. The number of carbonyl (C=O) groups excluding carboxylic acids is 3. The smallest absolute Gasteiger partial charge is 0.261 e. The molecule has 2 aromatic carbocycles. The van der Waals surface area contributed by atoms with Gasteiger partial charge in [-0.05, 0) is 73.8 Å². The average Bonchev–Trinajstić information content (AvgIpc) is 3.64. The van der Waals surface area contributed by atoms with E-state index in [0.29, 0.717) is 30.5 Å². The second-order valence-corrected chi connectivity index (χ2v) is 14.2. The van der Waals surface area contributed by atoms with Crippen LogP contribution in [0.2, 0.25) is 0 Å². The molecule has 8 rings (SSSR count). The zero-order chi connectivity index (χ0) is 34.9. The van der Waals surface area contributed by atoms with Crippen molar-refractivity contribution in [3.05, 3.63) is 69.8 Å². The first kappa shape index (κ1) is 32.1. The lowest BCUT2D eigenvalue weighted by Gasteiger charge is -2.55. The van der Waals surface area contributed by atoms with Gasteiger partial charge in [-0.3, -0.25) is 34.1 Å². The number of hydrogen-bond donors (Lipinski definition) is 1. The SMILES string of the molecule is COc1cc(-c2cn(C)c(=O)c3cnn(C)c23)cc(OC)c1CN1CCC2(CC1)CN(c1ccc3c(c1)CN(C1CCC(=O)NC1=O)C3=O)C2. The summed E-state index contributed by atoms with van der Waals surface area (Å²) in [7, 11) is 6.94. The van der Waals surface area contributed by atoms with Crippen molar-refractivity contribution in [3.8, 4) is 22.6 Å². The Morgan fingerprint density at radius 2 is 1.68 bits per heavy atom. The molecule has 3 fully saturated rings. The van der Waals surface area contributed by atoms with Gasteiger partial charge in [0.25, 0.3) is 11.5 Å². The maximum atomic E-state index is 13.1. The summed E-state index contributed by atoms with van der Waals surface area (Å²) in [4.78, 5) is 56.4. The van der Waals surface area contributed by atoms with E-state index in [1.165, 1.54) is 0 Å². The van der Waals surface area contributed by atoms with Gasteiger partial charge in [0.1, 0.15) is 17.5 Å². The van der Waals surface area contributed by atoms with Gasteiger partial charge in [-0.1, -0.05) is 0 Å². The lowest BCUT2D eigenvalue weighted by molar-refractivity contribution is -0.136. The molecule has 1 spiro atoms. The fourth-order valence-corrected chi connectivity index (χ4v) is 8.35. The van der Waals surface area contributed by atoms with Crippen LogP contribution in [0.5, 0.6) is 11.5 Å². The Hall–Kier alpha value is -5.17. The van der Waals surface area contributed by atoms with Crippen molar-refractivity contribution in [3.63, 3.8) is 0 Å². The summed E-state index contributed by atoms with van der Waals surface area (Å²) in [6.07, 6.45) is 6.22. The Balaban J connectivity index is 0.930. The third-order valence-corrected chi connectivity index (χ3v) is 11.2. The molecule has 0 bridgehead atoms. The number of piperidine rings is 2. The Morgan fingerprint density at radius 1 is 0.960 bits per heavy atom. The molecule has 2 aromatic heterocycles. The summed E-state index contributed by atoms with van der Waals surface area (Å²) >= 11 is 0. The number of benzene rings is 2. The topological polar surface area (TPSA) is 131 Å². The molecule has 0 saturated carbocycles. The molecule has 6 heterocycles. The third-order valence-electron chi connectivity index (χ3n) is 11.2. The van der Waals surface area contributed by atoms with Gasteiger partial charge in [0.15, 0.2) is 0 Å². The van der Waals surface area contributed by atoms with Crippen molar-refractivity contribution < 1.29 is 23.9 Å². The van der Waals surface area contributed by atoms with Crippen LogP contribution in [-0.2, 0) is 36.8 Å². The molecule has 4 aliphatic rings. The van der Waals surface area contributed by atoms with Gasteiger partial charge in [-0.15, -0.1) is 0 Å². The number of ether oxygens (including phenoxy) is 2. The highest BCUT2D eigenvalue weighted by molar-refractivity contribution is 6.05. The number of aromatic nitrogens is 3. The molecule has 3 saturated heterocycles. The summed E-state index contributed by atoms with van der Waals surface area (Å²) in [5.74, 6) is 0.666. The zero-order valence-electron chi connectivity index (χ0n) is 28.8. The molecular weight excluding hydrogens is 638 g/mol. The molecule has 50 heavy (non-hydrogen) atoms. The minimum atomic E-state index is -0.607. The molecule has 4 aliphatic heterocycles. The van der Waals surface area contributed by atoms with E-state index in [0.717, 1.165) is 84.0 Å². The number of fused-ring (bicyclic) bond motifs is 2. The normalized spacial score (nSPS) is 20.3. The van der Waals surface area contributed by atoms with Gasteiger partial charge in [-0.2, -0.15) is 5.10 Å². The summed E-state index contributed by atoms with van der Waals surface area (Å²) in [6, 6.07) is 9.43. The number of nitrogens with zero attached hydrogens (tertiary/aromatic N) is 6. The van der Waals surface area contributed by atoms with Crippen molar-refractivity contribution >= 4 is 34.3 Å². The van der Waals surface area contributed by atoms with E-state index in [1.54, 1.807) is 41.6 Å². The van der Waals surface area contributed by atoms with E-state index in [9.17, 15) is 19.2 Å². The first-order valence-electron chi connectivity index (χ1n) is 17.1. The number of anilines is 1. The van der Waals surface area contributed by atoms with Crippen LogP contribution in [-0.4, -0.2) is 88.3 Å². The van der Waals surface area contributed by atoms with Crippen LogP contribution in [0.4, 0.5) is 5.69 Å². The van der Waals surface area contributed by atoms with Crippen LogP contribution in [0, 0.1) is 5.41 Å². The number of rotatable bonds is 7. The molecule has 13 nitrogen and oxygen atoms in total. The third kappa shape index (κ3) is 5.22. The molecule has 3 amide bonds. The summed E-state index contributed by atoms with van der Waals surface area (Å²) < 4.78 is 15.2. The van der Waals surface area contributed by atoms with E-state index in [-0.39, 0.29) is 35.1 Å². The number of pyridine rings is 1. The molecular formula is C37H41N7O6. The predicted octanol–water partition coefficient (Wildman–Crippen LogP) is 2.82. The predicted molar refractivity (Wildman–Crippen MR) is 186 cm³/mol. The van der Waals surface area contributed by atoms with Crippen LogP contribution in [0.1, 0.15) is 47.2 Å². The van der Waals surface area contributed by atoms with Crippen molar-refractivity contribution in [2.24, 2.45) is 19.5 Å². The summed E-state index contributed by atoms with van der Waals surface area (Å²) in [5, 5.41) is 7.28. The highest BCUT2D eigenvalue weighted by Crippen LogP contribution is 2.45. The second kappa shape index (κ2) is 12.0. The highest BCUT2D eigenvalue weighted by Gasteiger charge is 2.46. The fraction of sp³-hybridized carbons (Fsp3) is 0.432. The fourth-order valence-electron chi connectivity index (χ4n) is 8.35. The lowest BCUT2D eigenvalue weighted by Crippen LogP contribution is -2.60.